The number of carbonyl (C=O) groups excluding carboxylic acids is 1. The molecule has 3 aromatic rings. The zero-order chi connectivity index (χ0) is 20.1. The van der Waals surface area contributed by atoms with Crippen LogP contribution in [0.1, 0.15) is 37.3 Å². The van der Waals surface area contributed by atoms with Gasteiger partial charge in [0.15, 0.2) is 5.13 Å². The molecule has 1 amide bonds. The second-order valence-electron chi connectivity index (χ2n) is 6.43. The van der Waals surface area contributed by atoms with E-state index in [0.29, 0.717) is 26.7 Å². The molecule has 0 bridgehead atoms. The van der Waals surface area contributed by atoms with Crippen LogP contribution in [0.4, 0.5) is 5.13 Å². The molecular formula is C22H20Cl2N2OS. The van der Waals surface area contributed by atoms with Gasteiger partial charge < -0.3 is 0 Å². The molecule has 1 atom stereocenters. The van der Waals surface area contributed by atoms with E-state index in [9.17, 15) is 4.79 Å². The maximum absolute atomic E-state index is 12.2. The van der Waals surface area contributed by atoms with E-state index in [1.807, 2.05) is 5.38 Å². The van der Waals surface area contributed by atoms with Crippen molar-refractivity contribution in [2.45, 2.75) is 26.2 Å². The first-order chi connectivity index (χ1) is 13.5. The Morgan fingerprint density at radius 1 is 1.18 bits per heavy atom. The second kappa shape index (κ2) is 9.37. The molecule has 0 spiro atoms. The number of nitrogens with one attached hydrogen (secondary N) is 1. The number of halogens is 2. The fourth-order valence-corrected chi connectivity index (χ4v) is 3.90. The largest absolute Gasteiger partial charge is 0.298 e. The van der Waals surface area contributed by atoms with Crippen LogP contribution in [0.3, 0.4) is 0 Å². The van der Waals surface area contributed by atoms with E-state index in [1.54, 1.807) is 24.3 Å². The lowest BCUT2D eigenvalue weighted by Gasteiger charge is -2.08. The molecule has 3 nitrogen and oxygen atoms in total. The van der Waals surface area contributed by atoms with Crippen LogP contribution in [0.25, 0.3) is 17.3 Å². The third kappa shape index (κ3) is 5.02. The topological polar surface area (TPSA) is 42.0 Å². The number of thiazole rings is 1. The van der Waals surface area contributed by atoms with Crippen LogP contribution in [0.15, 0.2) is 53.9 Å². The summed E-state index contributed by atoms with van der Waals surface area (Å²) in [5.74, 6) is 0.252. The van der Waals surface area contributed by atoms with Gasteiger partial charge in [0, 0.05) is 32.6 Å². The van der Waals surface area contributed by atoms with Gasteiger partial charge in [0.05, 0.1) is 5.69 Å². The van der Waals surface area contributed by atoms with Crippen molar-refractivity contribution in [3.05, 3.63) is 75.1 Å². The lowest BCUT2D eigenvalue weighted by Crippen LogP contribution is -2.07. The minimum Gasteiger partial charge on any atom is -0.298 e. The molecule has 1 N–H and O–H groups in total. The smallest absolute Gasteiger partial charge is 0.250 e. The number of anilines is 1. The number of hydrogen-bond acceptors (Lipinski definition) is 3. The van der Waals surface area contributed by atoms with E-state index >= 15 is 0 Å². The van der Waals surface area contributed by atoms with Gasteiger partial charge in [0.25, 0.3) is 0 Å². The van der Waals surface area contributed by atoms with Crippen LogP contribution >= 0.6 is 34.5 Å². The first-order valence-corrected chi connectivity index (χ1v) is 10.6. The molecule has 144 valence electrons. The molecule has 3 rings (SSSR count). The summed E-state index contributed by atoms with van der Waals surface area (Å²) < 4.78 is 0. The van der Waals surface area contributed by atoms with Crippen LogP contribution < -0.4 is 5.32 Å². The lowest BCUT2D eigenvalue weighted by atomic mass is 9.97. The number of amides is 1. The second-order valence-corrected chi connectivity index (χ2v) is 8.10. The Morgan fingerprint density at radius 2 is 1.86 bits per heavy atom. The molecule has 2 aromatic carbocycles. The fourth-order valence-electron chi connectivity index (χ4n) is 2.66. The third-order valence-corrected chi connectivity index (χ3v) is 5.94. The number of benzene rings is 2. The third-order valence-electron chi connectivity index (χ3n) is 4.52. The monoisotopic (exact) mass is 430 g/mol. The Labute approximate surface area is 179 Å². The van der Waals surface area contributed by atoms with Gasteiger partial charge >= 0.3 is 0 Å². The van der Waals surface area contributed by atoms with Crippen molar-refractivity contribution in [3.8, 4) is 11.3 Å². The van der Waals surface area contributed by atoms with Crippen LogP contribution in [0.5, 0.6) is 0 Å². The molecule has 0 radical (unpaired) electrons. The summed E-state index contributed by atoms with van der Waals surface area (Å²) in [6.45, 7) is 4.40. The Balaban J connectivity index is 1.67. The van der Waals surface area contributed by atoms with E-state index in [-0.39, 0.29) is 5.91 Å². The molecule has 1 aromatic heterocycles. The highest BCUT2D eigenvalue weighted by Crippen LogP contribution is 2.28. The average molecular weight is 431 g/mol. The summed E-state index contributed by atoms with van der Waals surface area (Å²) in [6, 6.07) is 13.6. The fraction of sp³-hybridized carbons (Fsp3) is 0.182. The minimum atomic E-state index is -0.288. The molecule has 0 saturated heterocycles. The van der Waals surface area contributed by atoms with Gasteiger partial charge in [-0.15, -0.1) is 11.3 Å². The summed E-state index contributed by atoms with van der Waals surface area (Å²) in [4.78, 5) is 16.7. The lowest BCUT2D eigenvalue weighted by molar-refractivity contribution is -0.111. The van der Waals surface area contributed by atoms with Crippen molar-refractivity contribution in [2.75, 3.05) is 5.32 Å². The zero-order valence-electron chi connectivity index (χ0n) is 15.6. The molecule has 0 aliphatic carbocycles. The Morgan fingerprint density at radius 3 is 2.50 bits per heavy atom. The van der Waals surface area contributed by atoms with Gasteiger partial charge in [-0.25, -0.2) is 4.98 Å². The molecule has 1 unspecified atom stereocenters. The predicted molar refractivity (Wildman–Crippen MR) is 120 cm³/mol. The van der Waals surface area contributed by atoms with E-state index in [1.165, 1.54) is 23.0 Å². The summed E-state index contributed by atoms with van der Waals surface area (Å²) in [5.41, 5.74) is 3.80. The highest BCUT2D eigenvalue weighted by Gasteiger charge is 2.09. The Kier molecular flexibility index (Phi) is 6.89. The van der Waals surface area contributed by atoms with E-state index in [0.717, 1.165) is 17.7 Å². The quantitative estimate of drug-likeness (QED) is 0.417. The van der Waals surface area contributed by atoms with Crippen molar-refractivity contribution >= 4 is 51.7 Å². The van der Waals surface area contributed by atoms with Gasteiger partial charge in [-0.1, -0.05) is 67.4 Å². The van der Waals surface area contributed by atoms with Gasteiger partial charge in [-0.2, -0.15) is 0 Å². The minimum absolute atomic E-state index is 0.288. The van der Waals surface area contributed by atoms with Gasteiger partial charge in [0.1, 0.15) is 0 Å². The first kappa shape index (κ1) is 20.6. The van der Waals surface area contributed by atoms with Crippen molar-refractivity contribution in [1.29, 1.82) is 0 Å². The van der Waals surface area contributed by atoms with Crippen LogP contribution in [0, 0.1) is 0 Å². The summed E-state index contributed by atoms with van der Waals surface area (Å²) >= 11 is 13.6. The Bertz CT molecular complexity index is 976. The Hall–Kier alpha value is -2.14. The molecular weight excluding hydrogens is 411 g/mol. The summed E-state index contributed by atoms with van der Waals surface area (Å²) in [6.07, 6.45) is 4.11. The normalized spacial score (nSPS) is 12.3. The van der Waals surface area contributed by atoms with Crippen LogP contribution in [-0.4, -0.2) is 10.9 Å². The number of carbonyl (C=O) groups is 1. The van der Waals surface area contributed by atoms with Gasteiger partial charge in [0.2, 0.25) is 5.91 Å². The summed E-state index contributed by atoms with van der Waals surface area (Å²) in [7, 11) is 0. The standard InChI is InChI=1S/C22H20Cl2N2OS/c1-3-14(2)15-7-9-16(10-8-15)20-13-28-22(25-20)26-21(27)12-11-17-18(23)5-4-6-19(17)24/h4-14H,3H2,1-2H3,(H,25,26,27)/b12-11+. The summed E-state index contributed by atoms with van der Waals surface area (Å²) in [5, 5.41) is 6.24. The molecule has 0 aliphatic rings. The SMILES string of the molecule is CCC(C)c1ccc(-c2csc(NC(=O)/C=C/c3c(Cl)cccc3Cl)n2)cc1. The maximum Gasteiger partial charge on any atom is 0.250 e. The van der Waals surface area contributed by atoms with Crippen molar-refractivity contribution in [2.24, 2.45) is 0 Å². The van der Waals surface area contributed by atoms with Crippen molar-refractivity contribution in [1.82, 2.24) is 4.98 Å². The number of hydrogen-bond donors (Lipinski definition) is 1. The van der Waals surface area contributed by atoms with Gasteiger partial charge in [-0.05, 0) is 36.1 Å². The first-order valence-electron chi connectivity index (χ1n) is 8.97. The van der Waals surface area contributed by atoms with E-state index < -0.39 is 0 Å². The molecule has 0 saturated carbocycles. The molecule has 6 heteroatoms. The maximum atomic E-state index is 12.2. The molecule has 0 aliphatic heterocycles. The number of aromatic nitrogens is 1. The highest BCUT2D eigenvalue weighted by molar-refractivity contribution is 7.14. The number of nitrogens with zero attached hydrogens (tertiary/aromatic N) is 1. The molecule has 1 heterocycles. The average Bonchev–Trinajstić information content (AvgIpc) is 3.15. The van der Waals surface area contributed by atoms with Crippen molar-refractivity contribution in [3.63, 3.8) is 0 Å². The number of rotatable bonds is 6. The van der Waals surface area contributed by atoms with E-state index in [2.05, 4.69) is 48.4 Å². The van der Waals surface area contributed by atoms with Crippen LogP contribution in [-0.2, 0) is 4.79 Å². The van der Waals surface area contributed by atoms with E-state index in [4.69, 9.17) is 23.2 Å². The predicted octanol–water partition coefficient (Wildman–Crippen LogP) is 7.28. The van der Waals surface area contributed by atoms with Crippen molar-refractivity contribution < 1.29 is 4.79 Å². The highest BCUT2D eigenvalue weighted by atomic mass is 35.5. The van der Waals surface area contributed by atoms with Gasteiger partial charge in [-0.3, -0.25) is 10.1 Å². The van der Waals surface area contributed by atoms with Crippen LogP contribution in [0.2, 0.25) is 10.0 Å². The zero-order valence-corrected chi connectivity index (χ0v) is 17.9. The molecule has 0 fully saturated rings. The molecule has 28 heavy (non-hydrogen) atoms.